The SMILES string of the molecule is CC1=CC(=O)OC[C@]23CCC(C(=O)O)=C[C@H]2O[C@@H]2C[C@@H](OC(=O)C=CC=CC(=O)OCC1)[C@@]3(C)[C@]21CO1. The Morgan fingerprint density at radius 1 is 1.00 bits per heavy atom. The molecule has 0 aromatic rings. The molecule has 37 heavy (non-hydrogen) atoms. The van der Waals surface area contributed by atoms with Crippen LogP contribution in [-0.4, -0.2) is 72.7 Å². The van der Waals surface area contributed by atoms with Crippen LogP contribution in [0.5, 0.6) is 0 Å². The summed E-state index contributed by atoms with van der Waals surface area (Å²) in [5, 5.41) is 9.65. The summed E-state index contributed by atoms with van der Waals surface area (Å²) in [6.45, 7) is 4.12. The van der Waals surface area contributed by atoms with Gasteiger partial charge in [-0.2, -0.15) is 0 Å². The molecule has 10 heteroatoms. The minimum atomic E-state index is -1.02. The maximum absolute atomic E-state index is 12.8. The predicted octanol–water partition coefficient (Wildman–Crippen LogP) is 2.18. The number of esters is 3. The highest BCUT2D eigenvalue weighted by Gasteiger charge is 2.83. The van der Waals surface area contributed by atoms with Crippen LogP contribution in [0.2, 0.25) is 0 Å². The molecule has 3 heterocycles. The largest absolute Gasteiger partial charge is 0.478 e. The summed E-state index contributed by atoms with van der Waals surface area (Å²) in [5.41, 5.74) is -1.51. The zero-order valence-corrected chi connectivity index (χ0v) is 20.8. The molecule has 0 aromatic heterocycles. The first-order valence-electron chi connectivity index (χ1n) is 12.4. The fourth-order valence-corrected chi connectivity index (χ4v) is 6.50. The molecule has 0 radical (unpaired) electrons. The smallest absolute Gasteiger partial charge is 0.331 e. The Balaban J connectivity index is 1.55. The molecule has 0 amide bonds. The van der Waals surface area contributed by atoms with E-state index in [-0.39, 0.29) is 25.2 Å². The number of rotatable bonds is 1. The molecule has 0 aromatic carbocycles. The average molecular weight is 515 g/mol. The Bertz CT molecular complexity index is 1140. The van der Waals surface area contributed by atoms with Gasteiger partial charge in [0.2, 0.25) is 0 Å². The second-order valence-electron chi connectivity index (χ2n) is 10.5. The molecule has 2 bridgehead atoms. The number of cyclic esters (lactones) is 2. The van der Waals surface area contributed by atoms with Gasteiger partial charge in [0.15, 0.2) is 0 Å². The summed E-state index contributed by atoms with van der Waals surface area (Å²) >= 11 is 0. The predicted molar refractivity (Wildman–Crippen MR) is 126 cm³/mol. The summed E-state index contributed by atoms with van der Waals surface area (Å²) < 4.78 is 29.3. The fourth-order valence-electron chi connectivity index (χ4n) is 6.50. The van der Waals surface area contributed by atoms with E-state index in [0.29, 0.717) is 31.4 Å². The maximum Gasteiger partial charge on any atom is 0.331 e. The Hall–Kier alpha value is -3.24. The third kappa shape index (κ3) is 4.12. The van der Waals surface area contributed by atoms with E-state index in [1.807, 2.05) is 6.92 Å². The molecule has 1 N–H and O–H groups in total. The van der Waals surface area contributed by atoms with Gasteiger partial charge in [0, 0.05) is 42.1 Å². The van der Waals surface area contributed by atoms with E-state index in [1.165, 1.54) is 30.4 Å². The van der Waals surface area contributed by atoms with Crippen molar-refractivity contribution in [3.63, 3.8) is 0 Å². The van der Waals surface area contributed by atoms with Crippen molar-refractivity contribution in [1.29, 1.82) is 0 Å². The van der Waals surface area contributed by atoms with E-state index in [4.69, 9.17) is 23.7 Å². The third-order valence-corrected chi connectivity index (χ3v) is 8.70. The normalized spacial score (nSPS) is 39.8. The van der Waals surface area contributed by atoms with E-state index >= 15 is 0 Å². The molecule has 2 spiro atoms. The van der Waals surface area contributed by atoms with Gasteiger partial charge < -0.3 is 28.8 Å². The molecule has 1 saturated carbocycles. The number of carboxylic acids is 1. The molecule has 3 fully saturated rings. The minimum Gasteiger partial charge on any atom is -0.478 e. The summed E-state index contributed by atoms with van der Waals surface area (Å²) in [4.78, 5) is 49.2. The van der Waals surface area contributed by atoms with Gasteiger partial charge in [-0.1, -0.05) is 24.6 Å². The van der Waals surface area contributed by atoms with Crippen LogP contribution in [-0.2, 0) is 42.9 Å². The first-order chi connectivity index (χ1) is 17.6. The van der Waals surface area contributed by atoms with Crippen molar-refractivity contribution in [3.05, 3.63) is 47.6 Å². The van der Waals surface area contributed by atoms with E-state index in [2.05, 4.69) is 0 Å². The van der Waals surface area contributed by atoms with Gasteiger partial charge in [-0.15, -0.1) is 0 Å². The lowest BCUT2D eigenvalue weighted by atomic mass is 9.51. The van der Waals surface area contributed by atoms with Gasteiger partial charge in [-0.25, -0.2) is 19.2 Å². The van der Waals surface area contributed by atoms with Crippen molar-refractivity contribution in [1.82, 2.24) is 0 Å². The van der Waals surface area contributed by atoms with Crippen LogP contribution in [0.25, 0.3) is 0 Å². The van der Waals surface area contributed by atoms with Crippen LogP contribution in [0, 0.1) is 10.8 Å². The van der Waals surface area contributed by atoms with E-state index < -0.39 is 58.6 Å². The van der Waals surface area contributed by atoms with E-state index in [1.54, 1.807) is 13.0 Å². The Kier molecular flexibility index (Phi) is 6.35. The molecule has 198 valence electrons. The van der Waals surface area contributed by atoms with Crippen LogP contribution >= 0.6 is 0 Å². The first kappa shape index (κ1) is 25.4. The molecule has 5 aliphatic rings. The van der Waals surface area contributed by atoms with Crippen molar-refractivity contribution >= 4 is 23.9 Å². The number of hydrogen-bond acceptors (Lipinski definition) is 9. The monoisotopic (exact) mass is 514 g/mol. The molecule has 2 aliphatic carbocycles. The van der Waals surface area contributed by atoms with Crippen molar-refractivity contribution < 1.29 is 48.0 Å². The summed E-state index contributed by atoms with van der Waals surface area (Å²) in [7, 11) is 0. The van der Waals surface area contributed by atoms with Crippen LogP contribution < -0.4 is 0 Å². The number of carboxylic acid groups (broad SMARTS) is 1. The lowest BCUT2D eigenvalue weighted by Crippen LogP contribution is -2.67. The molecular formula is C27H30O10. The van der Waals surface area contributed by atoms with E-state index in [0.717, 1.165) is 0 Å². The van der Waals surface area contributed by atoms with Crippen LogP contribution in [0.1, 0.15) is 39.5 Å². The highest BCUT2D eigenvalue weighted by Crippen LogP contribution is 2.72. The number of ether oxygens (including phenoxy) is 5. The highest BCUT2D eigenvalue weighted by atomic mass is 16.6. The lowest BCUT2D eigenvalue weighted by Gasteiger charge is -2.58. The number of aliphatic carboxylic acids is 1. The highest BCUT2D eigenvalue weighted by molar-refractivity contribution is 5.87. The van der Waals surface area contributed by atoms with Crippen molar-refractivity contribution in [2.45, 2.75) is 63.4 Å². The number of epoxide rings is 1. The minimum absolute atomic E-state index is 0.0698. The quantitative estimate of drug-likeness (QED) is 0.315. The fraction of sp³-hybridized carbons (Fsp3) is 0.556. The van der Waals surface area contributed by atoms with Crippen LogP contribution in [0.4, 0.5) is 0 Å². The maximum atomic E-state index is 12.8. The Morgan fingerprint density at radius 2 is 1.73 bits per heavy atom. The van der Waals surface area contributed by atoms with Crippen molar-refractivity contribution in [3.8, 4) is 0 Å². The zero-order valence-electron chi connectivity index (χ0n) is 20.8. The van der Waals surface area contributed by atoms with Crippen molar-refractivity contribution in [2.24, 2.45) is 10.8 Å². The zero-order chi connectivity index (χ0) is 26.4. The van der Waals surface area contributed by atoms with Gasteiger partial charge in [0.25, 0.3) is 0 Å². The van der Waals surface area contributed by atoms with Gasteiger partial charge >= 0.3 is 23.9 Å². The molecular weight excluding hydrogens is 484 g/mol. The Labute approximate surface area is 213 Å². The Morgan fingerprint density at radius 3 is 2.43 bits per heavy atom. The van der Waals surface area contributed by atoms with Gasteiger partial charge in [-0.3, -0.25) is 0 Å². The summed E-state index contributed by atoms with van der Waals surface area (Å²) in [6, 6.07) is 0. The second-order valence-corrected chi connectivity index (χ2v) is 10.5. The van der Waals surface area contributed by atoms with E-state index in [9.17, 15) is 24.3 Å². The topological polar surface area (TPSA) is 138 Å². The summed E-state index contributed by atoms with van der Waals surface area (Å²) in [5.74, 6) is -2.77. The molecule has 0 unspecified atom stereocenters. The summed E-state index contributed by atoms with van der Waals surface area (Å²) in [6.07, 6.45) is 7.77. The number of carbonyl (C=O) groups excluding carboxylic acids is 3. The molecule has 10 nitrogen and oxygen atoms in total. The lowest BCUT2D eigenvalue weighted by molar-refractivity contribution is -0.232. The molecule has 6 atom stereocenters. The van der Waals surface area contributed by atoms with Gasteiger partial charge in [0.1, 0.15) is 18.3 Å². The average Bonchev–Trinajstić information content (AvgIpc) is 3.62. The van der Waals surface area contributed by atoms with Crippen molar-refractivity contribution in [2.75, 3.05) is 19.8 Å². The standard InChI is InChI=1S/C27H30O10/c1-16-8-10-33-21(28)5-3-4-6-22(29)37-18-13-20-27(15-35-27)25(18,2)26(14-34-23(30)11-16)9-7-17(24(31)32)12-19(26)36-20/h3-6,11-12,18-20H,7-10,13-15H2,1-2H3,(H,31,32)/t18-,19-,20-,25-,26-,27+/m1/s1. The number of hydrogen-bond donors (Lipinski definition) is 1. The molecule has 5 rings (SSSR count). The molecule has 3 aliphatic heterocycles. The van der Waals surface area contributed by atoms with Crippen LogP contribution in [0.15, 0.2) is 47.6 Å². The first-order valence-corrected chi connectivity index (χ1v) is 12.4. The third-order valence-electron chi connectivity index (χ3n) is 8.70. The van der Waals surface area contributed by atoms with Gasteiger partial charge in [0.05, 0.1) is 30.8 Å². The number of carbonyl (C=O) groups is 4. The van der Waals surface area contributed by atoms with Gasteiger partial charge in [-0.05, 0) is 25.8 Å². The number of allylic oxidation sites excluding steroid dienone is 2. The second kappa shape index (κ2) is 9.25. The van der Waals surface area contributed by atoms with Crippen LogP contribution in [0.3, 0.4) is 0 Å². The molecule has 2 saturated heterocycles.